The Balaban J connectivity index is 1.71. The maximum atomic E-state index is 12.0. The van der Waals surface area contributed by atoms with Crippen LogP contribution in [0, 0.1) is 0 Å². The number of nitrogens with zero attached hydrogens (tertiary/aromatic N) is 1. The van der Waals surface area contributed by atoms with E-state index in [1.54, 1.807) is 4.90 Å². The van der Waals surface area contributed by atoms with Crippen LogP contribution in [0.4, 0.5) is 4.79 Å². The summed E-state index contributed by atoms with van der Waals surface area (Å²) in [5.74, 6) is -0.519. The molecule has 0 aromatic carbocycles. The molecule has 0 unspecified atom stereocenters. The van der Waals surface area contributed by atoms with Crippen molar-refractivity contribution in [2.45, 2.75) is 38.2 Å². The van der Waals surface area contributed by atoms with Crippen LogP contribution in [0.2, 0.25) is 0 Å². The Bertz CT molecular complexity index is 395. The number of primary amides is 1. The Hall–Kier alpha value is -1.56. The molecule has 112 valence electrons. The van der Waals surface area contributed by atoms with Gasteiger partial charge in [0.15, 0.2) is 6.10 Å². The van der Waals surface area contributed by atoms with Crippen LogP contribution in [0.15, 0.2) is 11.6 Å². The van der Waals surface area contributed by atoms with Crippen molar-refractivity contribution in [2.24, 2.45) is 5.73 Å². The molecule has 6 heteroatoms. The topological polar surface area (TPSA) is 84.7 Å². The smallest absolute Gasteiger partial charge is 0.317 e. The summed E-state index contributed by atoms with van der Waals surface area (Å²) in [6.45, 7) is 1.73. The third-order valence-corrected chi connectivity index (χ3v) is 3.78. The third kappa shape index (κ3) is 4.23. The number of carbonyl (C=O) groups is 2. The zero-order valence-electron chi connectivity index (χ0n) is 11.8. The highest BCUT2D eigenvalue weighted by atomic mass is 16.5. The Labute approximate surface area is 119 Å². The molecule has 0 spiro atoms. The number of ether oxygens (including phenoxy) is 1. The van der Waals surface area contributed by atoms with Crippen molar-refractivity contribution in [3.05, 3.63) is 11.6 Å². The number of nitrogens with two attached hydrogens (primary N) is 1. The van der Waals surface area contributed by atoms with Crippen molar-refractivity contribution in [2.75, 3.05) is 26.2 Å². The van der Waals surface area contributed by atoms with Crippen LogP contribution >= 0.6 is 0 Å². The minimum Gasteiger partial charge on any atom is -0.367 e. The molecule has 0 saturated carbocycles. The summed E-state index contributed by atoms with van der Waals surface area (Å²) in [5, 5.41) is 2.90. The molecule has 20 heavy (non-hydrogen) atoms. The van der Waals surface area contributed by atoms with Gasteiger partial charge in [0.1, 0.15) is 0 Å². The van der Waals surface area contributed by atoms with E-state index in [0.717, 1.165) is 19.3 Å². The molecule has 1 aliphatic carbocycles. The molecule has 0 bridgehead atoms. The lowest BCUT2D eigenvalue weighted by atomic mass is 9.97. The van der Waals surface area contributed by atoms with E-state index in [2.05, 4.69) is 11.4 Å². The van der Waals surface area contributed by atoms with Crippen molar-refractivity contribution in [1.29, 1.82) is 0 Å². The number of hydrogen-bond acceptors (Lipinski definition) is 3. The highest BCUT2D eigenvalue weighted by Gasteiger charge is 2.27. The summed E-state index contributed by atoms with van der Waals surface area (Å²) in [5.41, 5.74) is 6.64. The van der Waals surface area contributed by atoms with Crippen LogP contribution in [-0.2, 0) is 9.53 Å². The number of hydrogen-bond donors (Lipinski definition) is 2. The summed E-state index contributed by atoms with van der Waals surface area (Å²) in [6.07, 6.45) is 7.35. The molecule has 0 aromatic heterocycles. The molecule has 2 aliphatic rings. The number of morpholine rings is 1. The first kappa shape index (κ1) is 14.8. The van der Waals surface area contributed by atoms with E-state index in [1.807, 2.05) is 0 Å². The molecule has 0 aromatic rings. The molecule has 3 N–H and O–H groups in total. The molecule has 3 amide bonds. The third-order valence-electron chi connectivity index (χ3n) is 3.78. The average Bonchev–Trinajstić information content (AvgIpc) is 2.48. The van der Waals surface area contributed by atoms with Crippen LogP contribution < -0.4 is 11.1 Å². The number of allylic oxidation sites excluding steroid dienone is 1. The lowest BCUT2D eigenvalue weighted by Crippen LogP contribution is -2.53. The fourth-order valence-electron chi connectivity index (χ4n) is 2.58. The highest BCUT2D eigenvalue weighted by Crippen LogP contribution is 2.19. The first-order chi connectivity index (χ1) is 9.66. The van der Waals surface area contributed by atoms with Crippen molar-refractivity contribution >= 4 is 11.9 Å². The lowest BCUT2D eigenvalue weighted by Gasteiger charge is -2.31. The van der Waals surface area contributed by atoms with Gasteiger partial charge in [0, 0.05) is 13.1 Å². The minimum atomic E-state index is -0.685. The maximum absolute atomic E-state index is 12.0. The van der Waals surface area contributed by atoms with Gasteiger partial charge in [-0.3, -0.25) is 4.79 Å². The second kappa shape index (κ2) is 7.28. The molecule has 6 nitrogen and oxygen atoms in total. The van der Waals surface area contributed by atoms with Crippen LogP contribution in [0.25, 0.3) is 0 Å². The number of carbonyl (C=O) groups excluding carboxylic acids is 2. The maximum Gasteiger partial charge on any atom is 0.317 e. The van der Waals surface area contributed by atoms with E-state index in [9.17, 15) is 9.59 Å². The normalized spacial score (nSPS) is 23.1. The monoisotopic (exact) mass is 281 g/mol. The highest BCUT2D eigenvalue weighted by molar-refractivity contribution is 5.81. The van der Waals surface area contributed by atoms with Gasteiger partial charge in [-0.2, -0.15) is 0 Å². The van der Waals surface area contributed by atoms with E-state index in [-0.39, 0.29) is 12.6 Å². The zero-order valence-corrected chi connectivity index (χ0v) is 11.8. The molecular weight excluding hydrogens is 258 g/mol. The van der Waals surface area contributed by atoms with Crippen molar-refractivity contribution < 1.29 is 14.3 Å². The molecule has 1 heterocycles. The van der Waals surface area contributed by atoms with Crippen molar-refractivity contribution in [3.63, 3.8) is 0 Å². The molecule has 0 radical (unpaired) electrons. The van der Waals surface area contributed by atoms with Gasteiger partial charge in [-0.25, -0.2) is 4.79 Å². The Morgan fingerprint density at radius 3 is 3.00 bits per heavy atom. The summed E-state index contributed by atoms with van der Waals surface area (Å²) in [4.78, 5) is 24.7. The van der Waals surface area contributed by atoms with Gasteiger partial charge in [-0.15, -0.1) is 0 Å². The molecule has 1 aliphatic heterocycles. The standard InChI is InChI=1S/C14H23N3O3/c15-13(18)12-10-17(8-9-20-12)14(19)16-7-6-11-4-2-1-3-5-11/h4,12H,1-3,5-10H2,(H2,15,18)(H,16,19)/t12-/m0/s1. The molecular formula is C14H23N3O3. The fraction of sp³-hybridized carbons (Fsp3) is 0.714. The van der Waals surface area contributed by atoms with E-state index in [4.69, 9.17) is 10.5 Å². The molecule has 2 rings (SSSR count). The fourth-order valence-corrected chi connectivity index (χ4v) is 2.58. The van der Waals surface area contributed by atoms with E-state index >= 15 is 0 Å². The van der Waals surface area contributed by atoms with Crippen LogP contribution in [-0.4, -0.2) is 49.2 Å². The Morgan fingerprint density at radius 1 is 1.45 bits per heavy atom. The second-order valence-corrected chi connectivity index (χ2v) is 5.30. The predicted octanol–water partition coefficient (Wildman–Crippen LogP) is 0.773. The first-order valence-electron chi connectivity index (χ1n) is 7.28. The van der Waals surface area contributed by atoms with Crippen molar-refractivity contribution in [1.82, 2.24) is 10.2 Å². The summed E-state index contributed by atoms with van der Waals surface area (Å²) < 4.78 is 5.21. The number of rotatable bonds is 4. The van der Waals surface area contributed by atoms with Gasteiger partial charge in [0.25, 0.3) is 0 Å². The van der Waals surface area contributed by atoms with E-state index in [0.29, 0.717) is 19.7 Å². The largest absolute Gasteiger partial charge is 0.367 e. The van der Waals surface area contributed by atoms with Crippen LogP contribution in [0.5, 0.6) is 0 Å². The lowest BCUT2D eigenvalue weighted by molar-refractivity contribution is -0.133. The summed E-state index contributed by atoms with van der Waals surface area (Å²) in [6, 6.07) is -0.143. The minimum absolute atomic E-state index is 0.143. The van der Waals surface area contributed by atoms with Gasteiger partial charge in [0.2, 0.25) is 5.91 Å². The van der Waals surface area contributed by atoms with Gasteiger partial charge in [-0.1, -0.05) is 11.6 Å². The molecule has 1 saturated heterocycles. The quantitative estimate of drug-likeness (QED) is 0.747. The SMILES string of the molecule is NC(=O)[C@@H]1CN(C(=O)NCCC2=CCCCC2)CCO1. The van der Waals surface area contributed by atoms with Gasteiger partial charge in [-0.05, 0) is 32.1 Å². The number of amides is 3. The average molecular weight is 281 g/mol. The molecule has 1 fully saturated rings. The Morgan fingerprint density at radius 2 is 2.30 bits per heavy atom. The number of nitrogens with one attached hydrogen (secondary N) is 1. The van der Waals surface area contributed by atoms with Gasteiger partial charge >= 0.3 is 6.03 Å². The van der Waals surface area contributed by atoms with Crippen LogP contribution in [0.1, 0.15) is 32.1 Å². The number of urea groups is 1. The first-order valence-corrected chi connectivity index (χ1v) is 7.28. The summed E-state index contributed by atoms with van der Waals surface area (Å²) in [7, 11) is 0. The Kier molecular flexibility index (Phi) is 5.40. The molecule has 1 atom stereocenters. The second-order valence-electron chi connectivity index (χ2n) is 5.30. The van der Waals surface area contributed by atoms with Crippen molar-refractivity contribution in [3.8, 4) is 0 Å². The van der Waals surface area contributed by atoms with Gasteiger partial charge in [0.05, 0.1) is 13.2 Å². The predicted molar refractivity (Wildman–Crippen MR) is 75.1 cm³/mol. The van der Waals surface area contributed by atoms with E-state index < -0.39 is 12.0 Å². The van der Waals surface area contributed by atoms with Crippen LogP contribution in [0.3, 0.4) is 0 Å². The van der Waals surface area contributed by atoms with Gasteiger partial charge < -0.3 is 20.7 Å². The summed E-state index contributed by atoms with van der Waals surface area (Å²) >= 11 is 0. The van der Waals surface area contributed by atoms with E-state index in [1.165, 1.54) is 18.4 Å². The zero-order chi connectivity index (χ0) is 14.4.